The number of likely N-dealkylation sites (tertiary alicyclic amines) is 1. The summed E-state index contributed by atoms with van der Waals surface area (Å²) in [5.41, 5.74) is 0.528. The fourth-order valence-electron chi connectivity index (χ4n) is 2.45. The zero-order valence-electron chi connectivity index (χ0n) is 11.0. The molecule has 0 aromatic heterocycles. The van der Waals surface area contributed by atoms with Crippen LogP contribution in [0.1, 0.15) is 23.2 Å². The summed E-state index contributed by atoms with van der Waals surface area (Å²) in [6, 6.07) is 5.39. The van der Waals surface area contributed by atoms with Crippen molar-refractivity contribution in [2.45, 2.75) is 12.8 Å². The molecule has 0 spiro atoms. The van der Waals surface area contributed by atoms with Gasteiger partial charge in [-0.1, -0.05) is 17.7 Å². The van der Waals surface area contributed by atoms with Gasteiger partial charge in [0.2, 0.25) is 0 Å². The van der Waals surface area contributed by atoms with Crippen LogP contribution in [0.3, 0.4) is 0 Å². The number of amides is 1. The molecule has 1 heterocycles. The number of hydrogen-bond acceptors (Lipinski definition) is 2. The van der Waals surface area contributed by atoms with Crippen molar-refractivity contribution in [2.75, 3.05) is 26.7 Å². The average molecular weight is 346 g/mol. The van der Waals surface area contributed by atoms with Crippen molar-refractivity contribution in [3.63, 3.8) is 0 Å². The molecule has 1 amide bonds. The molecule has 1 fully saturated rings. The minimum atomic E-state index is -0.0977. The van der Waals surface area contributed by atoms with Gasteiger partial charge in [-0.3, -0.25) is 4.79 Å². The van der Waals surface area contributed by atoms with Crippen molar-refractivity contribution in [1.82, 2.24) is 10.2 Å². The summed E-state index contributed by atoms with van der Waals surface area (Å²) in [6.45, 7) is 2.92. The molecule has 0 aliphatic carbocycles. The van der Waals surface area contributed by atoms with Crippen molar-refractivity contribution in [3.8, 4) is 0 Å². The van der Waals surface area contributed by atoms with E-state index in [1.54, 1.807) is 6.07 Å². The molecular formula is C14H18BrClN2O. The lowest BCUT2D eigenvalue weighted by molar-refractivity contribution is 0.0937. The number of benzene rings is 1. The highest BCUT2D eigenvalue weighted by Crippen LogP contribution is 2.26. The Morgan fingerprint density at radius 2 is 2.37 bits per heavy atom. The van der Waals surface area contributed by atoms with Gasteiger partial charge in [-0.2, -0.15) is 0 Å². The van der Waals surface area contributed by atoms with E-state index < -0.39 is 0 Å². The largest absolute Gasteiger partial charge is 0.352 e. The maximum Gasteiger partial charge on any atom is 0.252 e. The van der Waals surface area contributed by atoms with Crippen molar-refractivity contribution in [3.05, 3.63) is 33.3 Å². The molecule has 3 nitrogen and oxygen atoms in total. The molecule has 104 valence electrons. The minimum Gasteiger partial charge on any atom is -0.352 e. The van der Waals surface area contributed by atoms with E-state index in [1.165, 1.54) is 12.8 Å². The van der Waals surface area contributed by atoms with Crippen LogP contribution in [0.25, 0.3) is 0 Å². The smallest absolute Gasteiger partial charge is 0.252 e. The summed E-state index contributed by atoms with van der Waals surface area (Å²) in [5, 5.41) is 3.46. The van der Waals surface area contributed by atoms with E-state index in [4.69, 9.17) is 11.6 Å². The van der Waals surface area contributed by atoms with Crippen LogP contribution in [0.4, 0.5) is 0 Å². The zero-order valence-corrected chi connectivity index (χ0v) is 13.3. The van der Waals surface area contributed by atoms with Crippen LogP contribution in [-0.4, -0.2) is 37.5 Å². The Kier molecular flexibility index (Phi) is 5.25. The molecule has 1 N–H and O–H groups in total. The summed E-state index contributed by atoms with van der Waals surface area (Å²) < 4.78 is 0.749. The fourth-order valence-corrected chi connectivity index (χ4v) is 3.03. The highest BCUT2D eigenvalue weighted by Gasteiger charge is 2.19. The second kappa shape index (κ2) is 6.73. The van der Waals surface area contributed by atoms with Crippen LogP contribution in [0.2, 0.25) is 5.02 Å². The number of carbonyl (C=O) groups is 1. The normalized spacial score (nSPS) is 20.3. The molecule has 5 heteroatoms. The first-order valence-electron chi connectivity index (χ1n) is 6.48. The van der Waals surface area contributed by atoms with E-state index in [-0.39, 0.29) is 5.91 Å². The highest BCUT2D eigenvalue weighted by molar-refractivity contribution is 9.10. The number of nitrogens with zero attached hydrogens (tertiary/aromatic N) is 1. The van der Waals surface area contributed by atoms with Gasteiger partial charge in [0, 0.05) is 17.6 Å². The minimum absolute atomic E-state index is 0.0977. The van der Waals surface area contributed by atoms with Crippen LogP contribution in [0.15, 0.2) is 22.7 Å². The monoisotopic (exact) mass is 344 g/mol. The van der Waals surface area contributed by atoms with Gasteiger partial charge < -0.3 is 10.2 Å². The van der Waals surface area contributed by atoms with Gasteiger partial charge in [0.25, 0.3) is 5.91 Å². The predicted octanol–water partition coefficient (Wildman–Crippen LogP) is 3.17. The number of piperidine rings is 1. The molecular weight excluding hydrogens is 328 g/mol. The number of rotatable bonds is 3. The molecule has 1 aromatic carbocycles. The molecule has 1 saturated heterocycles. The maximum absolute atomic E-state index is 12.1. The topological polar surface area (TPSA) is 32.3 Å². The summed E-state index contributed by atoms with van der Waals surface area (Å²) in [4.78, 5) is 14.4. The van der Waals surface area contributed by atoms with E-state index in [1.807, 2.05) is 12.1 Å². The lowest BCUT2D eigenvalue weighted by Gasteiger charge is -2.29. The van der Waals surface area contributed by atoms with E-state index in [0.717, 1.165) is 17.6 Å². The molecule has 2 rings (SSSR count). The van der Waals surface area contributed by atoms with E-state index in [0.29, 0.717) is 23.0 Å². The number of nitrogens with one attached hydrogen (secondary N) is 1. The number of carbonyl (C=O) groups excluding carboxylic acids is 1. The van der Waals surface area contributed by atoms with Gasteiger partial charge in [-0.05, 0) is 60.4 Å². The zero-order chi connectivity index (χ0) is 13.8. The Labute approximate surface area is 127 Å². The summed E-state index contributed by atoms with van der Waals surface area (Å²) in [5.74, 6) is 0.438. The van der Waals surface area contributed by atoms with E-state index in [2.05, 4.69) is 33.2 Å². The van der Waals surface area contributed by atoms with Crippen LogP contribution < -0.4 is 5.32 Å². The van der Waals surface area contributed by atoms with Gasteiger partial charge in [-0.25, -0.2) is 0 Å². The first-order chi connectivity index (χ1) is 9.08. The van der Waals surface area contributed by atoms with Gasteiger partial charge in [0.1, 0.15) is 0 Å². The SMILES string of the molecule is CN1CCCC(CNC(=O)c2cccc(Br)c2Cl)C1. The second-order valence-electron chi connectivity index (χ2n) is 5.08. The Balaban J connectivity index is 1.92. The maximum atomic E-state index is 12.1. The number of halogens is 2. The third kappa shape index (κ3) is 3.94. The molecule has 0 radical (unpaired) electrons. The van der Waals surface area contributed by atoms with Crippen LogP contribution in [0.5, 0.6) is 0 Å². The van der Waals surface area contributed by atoms with Crippen LogP contribution in [-0.2, 0) is 0 Å². The van der Waals surface area contributed by atoms with E-state index >= 15 is 0 Å². The molecule has 19 heavy (non-hydrogen) atoms. The Morgan fingerprint density at radius 3 is 3.11 bits per heavy atom. The van der Waals surface area contributed by atoms with Gasteiger partial charge in [0.15, 0.2) is 0 Å². The summed E-state index contributed by atoms with van der Waals surface area (Å²) >= 11 is 9.45. The van der Waals surface area contributed by atoms with Crippen molar-refractivity contribution >= 4 is 33.4 Å². The molecule has 1 aliphatic rings. The Morgan fingerprint density at radius 1 is 1.58 bits per heavy atom. The van der Waals surface area contributed by atoms with Gasteiger partial charge >= 0.3 is 0 Å². The van der Waals surface area contributed by atoms with Crippen molar-refractivity contribution in [2.24, 2.45) is 5.92 Å². The van der Waals surface area contributed by atoms with Crippen molar-refractivity contribution < 1.29 is 4.79 Å². The molecule has 1 aromatic rings. The third-order valence-electron chi connectivity index (χ3n) is 3.47. The Bertz CT molecular complexity index is 467. The number of hydrogen-bond donors (Lipinski definition) is 1. The fraction of sp³-hybridized carbons (Fsp3) is 0.500. The molecule has 1 unspecified atom stereocenters. The molecule has 1 aliphatic heterocycles. The van der Waals surface area contributed by atoms with Gasteiger partial charge in [0.05, 0.1) is 10.6 Å². The quantitative estimate of drug-likeness (QED) is 0.912. The lowest BCUT2D eigenvalue weighted by Crippen LogP contribution is -2.39. The lowest BCUT2D eigenvalue weighted by atomic mass is 9.98. The van der Waals surface area contributed by atoms with Gasteiger partial charge in [-0.15, -0.1) is 0 Å². The summed E-state index contributed by atoms with van der Waals surface area (Å²) in [6.07, 6.45) is 2.38. The molecule has 0 saturated carbocycles. The van der Waals surface area contributed by atoms with E-state index in [9.17, 15) is 4.79 Å². The Hall–Kier alpha value is -0.580. The second-order valence-corrected chi connectivity index (χ2v) is 6.31. The highest BCUT2D eigenvalue weighted by atomic mass is 79.9. The first-order valence-corrected chi connectivity index (χ1v) is 7.66. The third-order valence-corrected chi connectivity index (χ3v) is 4.77. The van der Waals surface area contributed by atoms with Crippen molar-refractivity contribution in [1.29, 1.82) is 0 Å². The average Bonchev–Trinajstić information content (AvgIpc) is 2.39. The molecule has 0 bridgehead atoms. The first kappa shape index (κ1) is 14.8. The van der Waals surface area contributed by atoms with Crippen LogP contribution >= 0.6 is 27.5 Å². The summed E-state index contributed by atoms with van der Waals surface area (Å²) in [7, 11) is 2.12. The standard InChI is InChI=1S/C14H18BrClN2O/c1-18-7-3-4-10(9-18)8-17-14(19)11-5-2-6-12(15)13(11)16/h2,5-6,10H,3-4,7-9H2,1H3,(H,17,19). The van der Waals surface area contributed by atoms with Crippen LogP contribution in [0, 0.1) is 5.92 Å². The molecule has 1 atom stereocenters. The predicted molar refractivity (Wildman–Crippen MR) is 81.7 cm³/mol.